The second-order valence-corrected chi connectivity index (χ2v) is 7.86. The van der Waals surface area contributed by atoms with Crippen LogP contribution >= 0.6 is 0 Å². The van der Waals surface area contributed by atoms with Crippen LogP contribution < -0.4 is 4.90 Å². The van der Waals surface area contributed by atoms with Gasteiger partial charge in [-0.2, -0.15) is 9.61 Å². The summed E-state index contributed by atoms with van der Waals surface area (Å²) in [5.74, 6) is 0.791. The molecule has 1 amide bonds. The Labute approximate surface area is 162 Å². The fourth-order valence-corrected chi connectivity index (χ4v) is 4.64. The summed E-state index contributed by atoms with van der Waals surface area (Å²) >= 11 is 0. The van der Waals surface area contributed by atoms with Crippen molar-refractivity contribution in [3.8, 4) is 11.3 Å². The molecule has 7 heteroatoms. The van der Waals surface area contributed by atoms with E-state index in [9.17, 15) is 9.18 Å². The molecule has 28 heavy (non-hydrogen) atoms. The van der Waals surface area contributed by atoms with Gasteiger partial charge in [0.2, 0.25) is 5.91 Å². The van der Waals surface area contributed by atoms with Gasteiger partial charge in [-0.3, -0.25) is 4.79 Å². The smallest absolute Gasteiger partial charge is 0.230 e. The quantitative estimate of drug-likeness (QED) is 0.687. The topological polar surface area (TPSA) is 53.7 Å². The number of rotatable bonds is 2. The monoisotopic (exact) mass is 379 g/mol. The molecule has 5 rings (SSSR count). The number of nitrogens with zero attached hydrogens (tertiary/aromatic N) is 5. The van der Waals surface area contributed by atoms with Gasteiger partial charge in [0, 0.05) is 44.4 Å². The van der Waals surface area contributed by atoms with Gasteiger partial charge in [-0.25, -0.2) is 9.37 Å². The highest BCUT2D eigenvalue weighted by Gasteiger charge is 2.48. The van der Waals surface area contributed by atoms with Gasteiger partial charge in [-0.15, -0.1) is 0 Å². The lowest BCUT2D eigenvalue weighted by Crippen LogP contribution is -2.48. The van der Waals surface area contributed by atoms with Gasteiger partial charge in [0.05, 0.1) is 17.3 Å². The van der Waals surface area contributed by atoms with E-state index in [1.54, 1.807) is 22.8 Å². The summed E-state index contributed by atoms with van der Waals surface area (Å²) in [5, 5.41) is 4.41. The average Bonchev–Trinajstić information content (AvgIpc) is 3.33. The summed E-state index contributed by atoms with van der Waals surface area (Å²) in [4.78, 5) is 21.5. The molecule has 1 unspecified atom stereocenters. The van der Waals surface area contributed by atoms with Crippen molar-refractivity contribution in [3.05, 3.63) is 48.4 Å². The van der Waals surface area contributed by atoms with Crippen molar-refractivity contribution in [2.45, 2.75) is 19.3 Å². The molecule has 3 aromatic rings. The summed E-state index contributed by atoms with van der Waals surface area (Å²) in [6.07, 6.45) is 4.48. The average molecular weight is 379 g/mol. The number of hydrogen-bond acceptors (Lipinski definition) is 4. The predicted octanol–water partition coefficient (Wildman–Crippen LogP) is 2.98. The molecule has 0 aliphatic carbocycles. The molecule has 2 aromatic heterocycles. The third-order valence-corrected chi connectivity index (χ3v) is 6.12. The van der Waals surface area contributed by atoms with Crippen LogP contribution in [0.3, 0.4) is 0 Å². The Morgan fingerprint density at radius 1 is 1.14 bits per heavy atom. The Hall–Kier alpha value is -2.96. The minimum atomic E-state index is -0.325. The molecule has 2 aliphatic heterocycles. The molecule has 1 atom stereocenters. The Bertz CT molecular complexity index is 1060. The van der Waals surface area contributed by atoms with Gasteiger partial charge in [0.1, 0.15) is 11.6 Å². The fourth-order valence-electron chi connectivity index (χ4n) is 4.64. The number of anilines is 1. The van der Waals surface area contributed by atoms with E-state index in [1.807, 2.05) is 30.1 Å². The van der Waals surface area contributed by atoms with Crippen molar-refractivity contribution in [1.29, 1.82) is 0 Å². The Morgan fingerprint density at radius 2 is 2.00 bits per heavy atom. The number of carbonyl (C=O) groups is 1. The number of carbonyl (C=O) groups excluding carboxylic acids is 1. The molecular formula is C21H22FN5O. The zero-order valence-corrected chi connectivity index (χ0v) is 15.8. The molecule has 0 bridgehead atoms. The highest BCUT2D eigenvalue weighted by atomic mass is 19.1. The van der Waals surface area contributed by atoms with Gasteiger partial charge in [-0.1, -0.05) is 12.1 Å². The summed E-state index contributed by atoms with van der Waals surface area (Å²) in [7, 11) is 1.89. The number of halogens is 1. The maximum absolute atomic E-state index is 14.4. The number of benzene rings is 1. The molecule has 0 radical (unpaired) electrons. The Balaban J connectivity index is 1.57. The Morgan fingerprint density at radius 3 is 2.86 bits per heavy atom. The summed E-state index contributed by atoms with van der Waals surface area (Å²) in [5.41, 5.74) is 1.39. The maximum atomic E-state index is 14.4. The lowest BCUT2D eigenvalue weighted by Gasteiger charge is -2.37. The van der Waals surface area contributed by atoms with Crippen molar-refractivity contribution < 1.29 is 9.18 Å². The van der Waals surface area contributed by atoms with Crippen LogP contribution in [-0.2, 0) is 4.79 Å². The van der Waals surface area contributed by atoms with Crippen molar-refractivity contribution >= 4 is 17.4 Å². The molecule has 4 heterocycles. The predicted molar refractivity (Wildman–Crippen MR) is 105 cm³/mol. The van der Waals surface area contributed by atoms with E-state index >= 15 is 0 Å². The molecule has 0 N–H and O–H groups in total. The third-order valence-electron chi connectivity index (χ3n) is 6.12. The van der Waals surface area contributed by atoms with E-state index in [0.717, 1.165) is 38.2 Å². The van der Waals surface area contributed by atoms with E-state index in [1.165, 1.54) is 6.07 Å². The standard InChI is InChI=1S/C21H22FN5O/c1-25-11-4-8-21(20(25)28)9-12-26(14-21)19-13-17(15-5-2-3-6-16(15)22)24-18-7-10-23-27(18)19/h2-3,5-7,10,13H,4,8-9,11-12,14H2,1H3. The zero-order valence-electron chi connectivity index (χ0n) is 15.8. The van der Waals surface area contributed by atoms with Crippen molar-refractivity contribution in [3.63, 3.8) is 0 Å². The first-order chi connectivity index (χ1) is 13.6. The molecule has 6 nitrogen and oxygen atoms in total. The molecule has 0 saturated carbocycles. The van der Waals surface area contributed by atoms with E-state index in [2.05, 4.69) is 15.0 Å². The molecule has 2 saturated heterocycles. The van der Waals surface area contributed by atoms with Crippen LogP contribution in [0.1, 0.15) is 19.3 Å². The number of fused-ring (bicyclic) bond motifs is 1. The largest absolute Gasteiger partial charge is 0.355 e. The number of hydrogen-bond donors (Lipinski definition) is 0. The highest BCUT2D eigenvalue weighted by molar-refractivity contribution is 5.85. The van der Waals surface area contributed by atoms with Crippen LogP contribution in [0, 0.1) is 11.2 Å². The first kappa shape index (κ1) is 17.2. The van der Waals surface area contributed by atoms with Crippen LogP contribution in [0.5, 0.6) is 0 Å². The first-order valence-electron chi connectivity index (χ1n) is 9.68. The van der Waals surface area contributed by atoms with E-state index < -0.39 is 0 Å². The molecular weight excluding hydrogens is 357 g/mol. The summed E-state index contributed by atoms with van der Waals surface area (Å²) in [6.45, 7) is 2.26. The second-order valence-electron chi connectivity index (χ2n) is 7.86. The Kier molecular flexibility index (Phi) is 3.86. The van der Waals surface area contributed by atoms with Gasteiger partial charge >= 0.3 is 0 Å². The van der Waals surface area contributed by atoms with Crippen LogP contribution in [-0.4, -0.2) is 52.1 Å². The van der Waals surface area contributed by atoms with Gasteiger partial charge in [0.25, 0.3) is 0 Å². The van der Waals surface area contributed by atoms with Crippen LogP contribution in [0.15, 0.2) is 42.6 Å². The second kappa shape index (κ2) is 6.29. The molecule has 2 aliphatic rings. The van der Waals surface area contributed by atoms with E-state index in [-0.39, 0.29) is 17.1 Å². The number of likely N-dealkylation sites (tertiary alicyclic amines) is 1. The van der Waals surface area contributed by atoms with E-state index in [0.29, 0.717) is 23.4 Å². The molecule has 144 valence electrons. The molecule has 1 spiro atoms. The fraction of sp³-hybridized carbons (Fsp3) is 0.381. The van der Waals surface area contributed by atoms with E-state index in [4.69, 9.17) is 0 Å². The lowest BCUT2D eigenvalue weighted by molar-refractivity contribution is -0.143. The third kappa shape index (κ3) is 2.57. The van der Waals surface area contributed by atoms with Gasteiger partial charge < -0.3 is 9.80 Å². The van der Waals surface area contributed by atoms with Crippen molar-refractivity contribution in [1.82, 2.24) is 19.5 Å². The van der Waals surface area contributed by atoms with Gasteiger partial charge in [-0.05, 0) is 31.4 Å². The van der Waals surface area contributed by atoms with Crippen molar-refractivity contribution in [2.75, 3.05) is 31.6 Å². The summed E-state index contributed by atoms with van der Waals surface area (Å²) in [6, 6.07) is 10.4. The minimum absolute atomic E-state index is 0.237. The zero-order chi connectivity index (χ0) is 19.3. The normalized spacial score (nSPS) is 22.6. The van der Waals surface area contributed by atoms with Crippen LogP contribution in [0.25, 0.3) is 16.9 Å². The van der Waals surface area contributed by atoms with Crippen molar-refractivity contribution in [2.24, 2.45) is 5.41 Å². The number of piperidine rings is 1. The first-order valence-corrected chi connectivity index (χ1v) is 9.68. The molecule has 1 aromatic carbocycles. The van der Waals surface area contributed by atoms with Crippen LogP contribution in [0.2, 0.25) is 0 Å². The molecule has 2 fully saturated rings. The number of aromatic nitrogens is 3. The van der Waals surface area contributed by atoms with Crippen LogP contribution in [0.4, 0.5) is 10.2 Å². The minimum Gasteiger partial charge on any atom is -0.355 e. The summed E-state index contributed by atoms with van der Waals surface area (Å²) < 4.78 is 16.1. The number of amides is 1. The highest BCUT2D eigenvalue weighted by Crippen LogP contribution is 2.41. The van der Waals surface area contributed by atoms with Gasteiger partial charge in [0.15, 0.2) is 5.65 Å². The lowest BCUT2D eigenvalue weighted by atomic mass is 9.78. The SMILES string of the molecule is CN1CCCC2(CCN(c3cc(-c4ccccc4F)nc4ccnn34)C2)C1=O. The maximum Gasteiger partial charge on any atom is 0.230 e.